The van der Waals surface area contributed by atoms with E-state index in [1.54, 1.807) is 35.9 Å². The molecule has 2 aromatic heterocycles. The van der Waals surface area contributed by atoms with E-state index in [1.165, 1.54) is 17.9 Å². The van der Waals surface area contributed by atoms with Crippen molar-refractivity contribution in [3.63, 3.8) is 0 Å². The topological polar surface area (TPSA) is 78.9 Å². The number of carbonyl (C=O) groups is 1. The van der Waals surface area contributed by atoms with Crippen LogP contribution in [0.3, 0.4) is 0 Å². The van der Waals surface area contributed by atoms with Crippen molar-refractivity contribution >= 4 is 16.9 Å². The monoisotopic (exact) mass is 298 g/mol. The molecule has 0 saturated heterocycles. The highest BCUT2D eigenvalue weighted by atomic mass is 16.2. The third-order valence-corrected chi connectivity index (χ3v) is 3.60. The van der Waals surface area contributed by atoms with E-state index in [9.17, 15) is 14.4 Å². The van der Waals surface area contributed by atoms with Crippen molar-refractivity contribution in [2.24, 2.45) is 14.1 Å². The molecule has 0 fully saturated rings. The van der Waals surface area contributed by atoms with Gasteiger partial charge in [-0.2, -0.15) is 0 Å². The lowest BCUT2D eigenvalue weighted by molar-refractivity contribution is 0.0971. The van der Waals surface area contributed by atoms with Crippen LogP contribution >= 0.6 is 0 Å². The Hall–Kier alpha value is -2.96. The average Bonchev–Trinajstić information content (AvgIpc) is 2.92. The minimum absolute atomic E-state index is 0.162. The number of aromatic nitrogens is 4. The molecule has 7 nitrogen and oxygen atoms in total. The molecule has 0 N–H and O–H groups in total. The summed E-state index contributed by atoms with van der Waals surface area (Å²) >= 11 is 0. The van der Waals surface area contributed by atoms with Gasteiger partial charge in [0.1, 0.15) is 0 Å². The number of imidazole rings is 1. The molecule has 0 aliphatic carbocycles. The Bertz CT molecular complexity index is 980. The van der Waals surface area contributed by atoms with Crippen LogP contribution in [-0.4, -0.2) is 24.5 Å². The van der Waals surface area contributed by atoms with E-state index in [2.05, 4.69) is 4.98 Å². The standard InChI is InChI=1S/C15H14N4O3/c1-17-9-16-13-12(17)14(21)18(2)15(22)19(13)8-11(20)10-6-4-3-5-7-10/h3-7,9H,8H2,1-2H3. The highest BCUT2D eigenvalue weighted by Crippen LogP contribution is 2.07. The van der Waals surface area contributed by atoms with Gasteiger partial charge in [-0.1, -0.05) is 30.3 Å². The summed E-state index contributed by atoms with van der Waals surface area (Å²) in [7, 11) is 3.06. The summed E-state index contributed by atoms with van der Waals surface area (Å²) in [6.45, 7) is -0.162. The second kappa shape index (κ2) is 5.10. The van der Waals surface area contributed by atoms with Gasteiger partial charge in [-0.25, -0.2) is 9.78 Å². The van der Waals surface area contributed by atoms with Crippen LogP contribution < -0.4 is 11.2 Å². The molecule has 0 aliphatic heterocycles. The molecule has 2 heterocycles. The largest absolute Gasteiger partial charge is 0.332 e. The van der Waals surface area contributed by atoms with Crippen LogP contribution in [0.25, 0.3) is 11.2 Å². The van der Waals surface area contributed by atoms with Gasteiger partial charge < -0.3 is 4.57 Å². The van der Waals surface area contributed by atoms with Crippen LogP contribution in [-0.2, 0) is 20.6 Å². The molecular formula is C15H14N4O3. The van der Waals surface area contributed by atoms with Gasteiger partial charge in [0.15, 0.2) is 16.9 Å². The fraction of sp³-hybridized carbons (Fsp3) is 0.200. The third-order valence-electron chi connectivity index (χ3n) is 3.60. The van der Waals surface area contributed by atoms with Gasteiger partial charge in [0.25, 0.3) is 5.56 Å². The Balaban J connectivity index is 2.18. The zero-order valence-corrected chi connectivity index (χ0v) is 12.2. The van der Waals surface area contributed by atoms with Gasteiger partial charge in [0, 0.05) is 19.7 Å². The Morgan fingerprint density at radius 2 is 1.82 bits per heavy atom. The number of Topliss-reactive ketones (excluding diaryl/α,β-unsaturated/α-hetero) is 1. The van der Waals surface area contributed by atoms with Crippen molar-refractivity contribution in [1.29, 1.82) is 0 Å². The van der Waals surface area contributed by atoms with Gasteiger partial charge >= 0.3 is 5.69 Å². The molecule has 0 bridgehead atoms. The van der Waals surface area contributed by atoms with Gasteiger partial charge in [-0.05, 0) is 0 Å². The number of fused-ring (bicyclic) bond motifs is 1. The number of aryl methyl sites for hydroxylation is 1. The van der Waals surface area contributed by atoms with Gasteiger partial charge in [0.05, 0.1) is 12.9 Å². The summed E-state index contributed by atoms with van der Waals surface area (Å²) in [6.07, 6.45) is 1.45. The molecule has 3 rings (SSSR count). The van der Waals surface area contributed by atoms with Crippen LogP contribution in [0.15, 0.2) is 46.2 Å². The maximum Gasteiger partial charge on any atom is 0.332 e. The SMILES string of the molecule is Cn1c(=O)c2c(ncn2C)n(CC(=O)c2ccccc2)c1=O. The summed E-state index contributed by atoms with van der Waals surface area (Å²) in [4.78, 5) is 40.9. The van der Waals surface area contributed by atoms with E-state index in [-0.39, 0.29) is 18.0 Å². The quantitative estimate of drug-likeness (QED) is 0.652. The van der Waals surface area contributed by atoms with Gasteiger partial charge in [-0.15, -0.1) is 0 Å². The van der Waals surface area contributed by atoms with Crippen molar-refractivity contribution < 1.29 is 4.79 Å². The van der Waals surface area contributed by atoms with Gasteiger partial charge in [-0.3, -0.25) is 18.7 Å². The van der Waals surface area contributed by atoms with Crippen LogP contribution in [0.2, 0.25) is 0 Å². The number of rotatable bonds is 3. The number of carbonyl (C=O) groups excluding carboxylic acids is 1. The van der Waals surface area contributed by atoms with Crippen molar-refractivity contribution in [2.45, 2.75) is 6.54 Å². The van der Waals surface area contributed by atoms with Crippen molar-refractivity contribution in [3.8, 4) is 0 Å². The Morgan fingerprint density at radius 1 is 1.14 bits per heavy atom. The Labute approximate surface area is 125 Å². The number of hydrogen-bond donors (Lipinski definition) is 0. The minimum Gasteiger partial charge on any atom is -0.328 e. The lowest BCUT2D eigenvalue weighted by atomic mass is 10.1. The van der Waals surface area contributed by atoms with E-state index in [0.29, 0.717) is 11.1 Å². The molecule has 1 aromatic carbocycles. The van der Waals surface area contributed by atoms with E-state index in [0.717, 1.165) is 4.57 Å². The minimum atomic E-state index is -0.555. The summed E-state index contributed by atoms with van der Waals surface area (Å²) in [6, 6.07) is 8.70. The summed E-state index contributed by atoms with van der Waals surface area (Å²) < 4.78 is 3.76. The predicted octanol–water partition coefficient (Wildman–Crippen LogP) is 0.317. The molecule has 0 spiro atoms. The highest BCUT2D eigenvalue weighted by molar-refractivity contribution is 5.96. The first-order chi connectivity index (χ1) is 10.5. The lowest BCUT2D eigenvalue weighted by Gasteiger charge is -2.08. The van der Waals surface area contributed by atoms with Crippen LogP contribution in [0, 0.1) is 0 Å². The molecular weight excluding hydrogens is 284 g/mol. The lowest BCUT2D eigenvalue weighted by Crippen LogP contribution is -2.39. The molecule has 112 valence electrons. The summed E-state index contributed by atoms with van der Waals surface area (Å²) in [5.74, 6) is -0.215. The van der Waals surface area contributed by atoms with Crippen LogP contribution in [0.1, 0.15) is 10.4 Å². The summed E-state index contributed by atoms with van der Waals surface area (Å²) in [5.41, 5.74) is 0.0408. The smallest absolute Gasteiger partial charge is 0.328 e. The van der Waals surface area contributed by atoms with Crippen LogP contribution in [0.4, 0.5) is 0 Å². The van der Waals surface area contributed by atoms with Gasteiger partial charge in [0.2, 0.25) is 0 Å². The molecule has 0 aliphatic rings. The Kier molecular flexibility index (Phi) is 3.25. The molecule has 0 amide bonds. The average molecular weight is 298 g/mol. The highest BCUT2D eigenvalue weighted by Gasteiger charge is 2.17. The summed E-state index contributed by atoms with van der Waals surface area (Å²) in [5, 5.41) is 0. The maximum absolute atomic E-state index is 12.3. The zero-order valence-electron chi connectivity index (χ0n) is 12.2. The molecule has 0 atom stereocenters. The number of nitrogens with zero attached hydrogens (tertiary/aromatic N) is 4. The number of ketones is 1. The number of hydrogen-bond acceptors (Lipinski definition) is 4. The Morgan fingerprint density at radius 3 is 2.50 bits per heavy atom. The molecule has 0 unspecified atom stereocenters. The third kappa shape index (κ3) is 2.07. The van der Waals surface area contributed by atoms with E-state index in [1.807, 2.05) is 6.07 Å². The zero-order chi connectivity index (χ0) is 15.9. The second-order valence-corrected chi connectivity index (χ2v) is 5.05. The first-order valence-electron chi connectivity index (χ1n) is 6.70. The van der Waals surface area contributed by atoms with Crippen molar-refractivity contribution in [2.75, 3.05) is 0 Å². The van der Waals surface area contributed by atoms with Crippen LogP contribution in [0.5, 0.6) is 0 Å². The second-order valence-electron chi connectivity index (χ2n) is 5.05. The van der Waals surface area contributed by atoms with E-state index in [4.69, 9.17) is 0 Å². The first-order valence-corrected chi connectivity index (χ1v) is 6.70. The molecule has 22 heavy (non-hydrogen) atoms. The van der Waals surface area contributed by atoms with Crippen molar-refractivity contribution in [1.82, 2.24) is 18.7 Å². The van der Waals surface area contributed by atoms with E-state index >= 15 is 0 Å². The fourth-order valence-electron chi connectivity index (χ4n) is 2.38. The maximum atomic E-state index is 12.3. The van der Waals surface area contributed by atoms with Crippen molar-refractivity contribution in [3.05, 3.63) is 63.1 Å². The van der Waals surface area contributed by atoms with E-state index < -0.39 is 11.2 Å². The molecule has 0 saturated carbocycles. The molecule has 0 radical (unpaired) electrons. The number of benzene rings is 1. The fourth-order valence-corrected chi connectivity index (χ4v) is 2.38. The first kappa shape index (κ1) is 14.0. The normalized spacial score (nSPS) is 11.0. The molecule has 7 heteroatoms. The predicted molar refractivity (Wildman–Crippen MR) is 81.0 cm³/mol. The molecule has 3 aromatic rings.